The van der Waals surface area contributed by atoms with E-state index in [-0.39, 0.29) is 5.95 Å². The van der Waals surface area contributed by atoms with Gasteiger partial charge in [-0.05, 0) is 11.1 Å². The van der Waals surface area contributed by atoms with E-state index in [0.717, 1.165) is 11.1 Å². The Labute approximate surface area is 107 Å². The predicted molar refractivity (Wildman–Crippen MR) is 73.7 cm³/mol. The molecule has 0 atom stereocenters. The summed E-state index contributed by atoms with van der Waals surface area (Å²) in [5.41, 5.74) is 2.39. The number of hydrogen-bond donors (Lipinski definition) is 0. The number of benzene rings is 2. The Morgan fingerprint density at radius 3 is 1.50 bits per heavy atom. The molecule has 2 heteroatoms. The summed E-state index contributed by atoms with van der Waals surface area (Å²) < 4.78 is 14.4. The van der Waals surface area contributed by atoms with Crippen LogP contribution in [0.4, 0.5) is 4.39 Å². The van der Waals surface area contributed by atoms with Gasteiger partial charge < -0.3 is 4.90 Å². The first-order chi connectivity index (χ1) is 8.70. The Morgan fingerprint density at radius 1 is 0.778 bits per heavy atom. The van der Waals surface area contributed by atoms with E-state index in [1.165, 1.54) is 4.90 Å². The van der Waals surface area contributed by atoms with Gasteiger partial charge in [-0.15, -0.1) is 0 Å². The second-order valence-corrected chi connectivity index (χ2v) is 4.29. The fourth-order valence-electron chi connectivity index (χ4n) is 1.84. The third-order valence-electron chi connectivity index (χ3n) is 2.72. The van der Waals surface area contributed by atoms with Crippen LogP contribution in [0, 0.1) is 0 Å². The zero-order valence-corrected chi connectivity index (χ0v) is 10.6. The second kappa shape index (κ2) is 5.50. The quantitative estimate of drug-likeness (QED) is 0.736. The van der Waals surface area contributed by atoms with Crippen LogP contribution in [-0.2, 0) is 0 Å². The van der Waals surface area contributed by atoms with E-state index in [0.29, 0.717) is 5.57 Å². The summed E-state index contributed by atoms with van der Waals surface area (Å²) in [4.78, 5) is 1.50. The van der Waals surface area contributed by atoms with Crippen molar-refractivity contribution in [3.8, 4) is 0 Å². The molecule has 0 saturated carbocycles. The third-order valence-corrected chi connectivity index (χ3v) is 2.72. The van der Waals surface area contributed by atoms with E-state index in [1.807, 2.05) is 60.7 Å². The summed E-state index contributed by atoms with van der Waals surface area (Å²) in [6, 6.07) is 19.2. The lowest BCUT2D eigenvalue weighted by Gasteiger charge is -2.16. The topological polar surface area (TPSA) is 3.24 Å². The van der Waals surface area contributed by atoms with Crippen LogP contribution in [0.3, 0.4) is 0 Å². The van der Waals surface area contributed by atoms with Crippen LogP contribution in [0.2, 0.25) is 0 Å². The molecular formula is C16H16FN. The minimum atomic E-state index is -0.229. The van der Waals surface area contributed by atoms with Crippen LogP contribution in [0.25, 0.3) is 5.57 Å². The third kappa shape index (κ3) is 2.59. The summed E-state index contributed by atoms with van der Waals surface area (Å²) in [7, 11) is 3.42. The molecule has 0 fully saturated rings. The number of nitrogens with zero attached hydrogens (tertiary/aromatic N) is 1. The van der Waals surface area contributed by atoms with Crippen LogP contribution in [0.1, 0.15) is 11.1 Å². The summed E-state index contributed by atoms with van der Waals surface area (Å²) in [5.74, 6) is -0.229. The molecule has 0 bridgehead atoms. The summed E-state index contributed by atoms with van der Waals surface area (Å²) in [6.07, 6.45) is 0. The smallest absolute Gasteiger partial charge is 0.197 e. The Balaban J connectivity index is 2.60. The van der Waals surface area contributed by atoms with E-state index in [2.05, 4.69) is 0 Å². The Kier molecular flexibility index (Phi) is 3.78. The van der Waals surface area contributed by atoms with Crippen LogP contribution in [0.15, 0.2) is 66.6 Å². The van der Waals surface area contributed by atoms with Crippen molar-refractivity contribution in [2.45, 2.75) is 0 Å². The standard InChI is InChI=1S/C16H16FN/c1-18(2)16(17)15(13-9-5-3-6-10-13)14-11-7-4-8-12-14/h3-12H,1-2H3. The van der Waals surface area contributed by atoms with E-state index in [9.17, 15) is 4.39 Å². The molecular weight excluding hydrogens is 225 g/mol. The highest BCUT2D eigenvalue weighted by Gasteiger charge is 2.12. The minimum Gasteiger partial charge on any atom is -0.354 e. The zero-order chi connectivity index (χ0) is 13.0. The fraction of sp³-hybridized carbons (Fsp3) is 0.125. The van der Waals surface area contributed by atoms with Gasteiger partial charge in [0.2, 0.25) is 0 Å². The first-order valence-corrected chi connectivity index (χ1v) is 5.88. The van der Waals surface area contributed by atoms with Crippen molar-refractivity contribution in [1.29, 1.82) is 0 Å². The van der Waals surface area contributed by atoms with Gasteiger partial charge in [0, 0.05) is 19.7 Å². The van der Waals surface area contributed by atoms with Crippen LogP contribution in [-0.4, -0.2) is 19.0 Å². The highest BCUT2D eigenvalue weighted by atomic mass is 19.1. The maximum absolute atomic E-state index is 14.4. The molecule has 0 unspecified atom stereocenters. The molecule has 0 saturated heterocycles. The predicted octanol–water partition coefficient (Wildman–Crippen LogP) is 3.93. The van der Waals surface area contributed by atoms with Crippen molar-refractivity contribution in [2.75, 3.05) is 14.1 Å². The molecule has 18 heavy (non-hydrogen) atoms. The van der Waals surface area contributed by atoms with Gasteiger partial charge in [0.05, 0.1) is 0 Å². The first kappa shape index (κ1) is 12.4. The maximum atomic E-state index is 14.4. The number of hydrogen-bond acceptors (Lipinski definition) is 1. The van der Waals surface area contributed by atoms with Gasteiger partial charge >= 0.3 is 0 Å². The molecule has 0 aliphatic carbocycles. The molecule has 0 aliphatic heterocycles. The lowest BCUT2D eigenvalue weighted by Crippen LogP contribution is -2.10. The lowest BCUT2D eigenvalue weighted by atomic mass is 9.98. The number of rotatable bonds is 3. The van der Waals surface area contributed by atoms with Gasteiger partial charge in [0.1, 0.15) is 0 Å². The SMILES string of the molecule is CN(C)C(F)=C(c1ccccc1)c1ccccc1. The van der Waals surface area contributed by atoms with Gasteiger partial charge in [-0.2, -0.15) is 4.39 Å². The van der Waals surface area contributed by atoms with Crippen molar-refractivity contribution in [3.05, 3.63) is 77.7 Å². The maximum Gasteiger partial charge on any atom is 0.197 e. The monoisotopic (exact) mass is 241 g/mol. The number of halogens is 1. The molecule has 0 spiro atoms. The van der Waals surface area contributed by atoms with Gasteiger partial charge in [0.25, 0.3) is 0 Å². The van der Waals surface area contributed by atoms with E-state index in [1.54, 1.807) is 14.1 Å². The van der Waals surface area contributed by atoms with Crippen molar-refractivity contribution >= 4 is 5.57 Å². The molecule has 0 aromatic heterocycles. The zero-order valence-electron chi connectivity index (χ0n) is 10.6. The van der Waals surface area contributed by atoms with Gasteiger partial charge in [0.15, 0.2) is 5.95 Å². The average molecular weight is 241 g/mol. The van der Waals surface area contributed by atoms with Gasteiger partial charge in [-0.25, -0.2) is 0 Å². The first-order valence-electron chi connectivity index (χ1n) is 5.88. The molecule has 2 rings (SSSR count). The average Bonchev–Trinajstić information content (AvgIpc) is 2.41. The normalized spacial score (nSPS) is 9.94. The van der Waals surface area contributed by atoms with Crippen LogP contribution < -0.4 is 0 Å². The van der Waals surface area contributed by atoms with Crippen molar-refractivity contribution in [1.82, 2.24) is 4.90 Å². The highest BCUT2D eigenvalue weighted by Crippen LogP contribution is 2.28. The molecule has 0 N–H and O–H groups in total. The summed E-state index contributed by atoms with van der Waals surface area (Å²) in [6.45, 7) is 0. The summed E-state index contributed by atoms with van der Waals surface area (Å²) in [5, 5.41) is 0. The van der Waals surface area contributed by atoms with Crippen LogP contribution >= 0.6 is 0 Å². The van der Waals surface area contributed by atoms with Crippen molar-refractivity contribution in [2.24, 2.45) is 0 Å². The van der Waals surface area contributed by atoms with E-state index >= 15 is 0 Å². The largest absolute Gasteiger partial charge is 0.354 e. The minimum absolute atomic E-state index is 0.229. The molecule has 0 heterocycles. The van der Waals surface area contributed by atoms with E-state index in [4.69, 9.17) is 0 Å². The molecule has 0 amide bonds. The second-order valence-electron chi connectivity index (χ2n) is 4.29. The molecule has 92 valence electrons. The fourth-order valence-corrected chi connectivity index (χ4v) is 1.84. The Hall–Kier alpha value is -2.09. The van der Waals surface area contributed by atoms with E-state index < -0.39 is 0 Å². The van der Waals surface area contributed by atoms with Gasteiger partial charge in [-0.1, -0.05) is 60.7 Å². The van der Waals surface area contributed by atoms with Crippen molar-refractivity contribution < 1.29 is 4.39 Å². The summed E-state index contributed by atoms with van der Waals surface area (Å²) >= 11 is 0. The van der Waals surface area contributed by atoms with Crippen molar-refractivity contribution in [3.63, 3.8) is 0 Å². The Bertz CT molecular complexity index is 488. The molecule has 2 aromatic rings. The lowest BCUT2D eigenvalue weighted by molar-refractivity contribution is 0.377. The molecule has 0 radical (unpaired) electrons. The molecule has 2 aromatic carbocycles. The Morgan fingerprint density at radius 2 is 1.17 bits per heavy atom. The van der Waals surface area contributed by atoms with Crippen LogP contribution in [0.5, 0.6) is 0 Å². The molecule has 1 nitrogen and oxygen atoms in total. The highest BCUT2D eigenvalue weighted by molar-refractivity contribution is 5.80. The van der Waals surface area contributed by atoms with Gasteiger partial charge in [-0.3, -0.25) is 0 Å². The molecule has 0 aliphatic rings.